The molecule has 30 heavy (non-hydrogen) atoms. The van der Waals surface area contributed by atoms with Gasteiger partial charge in [0.05, 0.1) is 11.8 Å². The van der Waals surface area contributed by atoms with Gasteiger partial charge in [-0.3, -0.25) is 9.59 Å². The first-order valence-corrected chi connectivity index (χ1v) is 10.6. The van der Waals surface area contributed by atoms with Crippen LogP contribution in [-0.4, -0.2) is 77.1 Å². The number of carbonyl (C=O) groups excluding carboxylic acids is 2. The number of amides is 2. The number of rotatable bonds is 5. The maximum Gasteiger partial charge on any atom is 0.289 e. The molecule has 2 aliphatic rings. The molecule has 2 amide bonds. The van der Waals surface area contributed by atoms with Crippen molar-refractivity contribution >= 4 is 17.6 Å². The van der Waals surface area contributed by atoms with Gasteiger partial charge < -0.3 is 24.2 Å². The summed E-state index contributed by atoms with van der Waals surface area (Å²) < 4.78 is 5.22. The lowest BCUT2D eigenvalue weighted by Crippen LogP contribution is -2.50. The Morgan fingerprint density at radius 1 is 1.07 bits per heavy atom. The van der Waals surface area contributed by atoms with Crippen LogP contribution in [0.5, 0.6) is 0 Å². The molecule has 0 bridgehead atoms. The summed E-state index contributed by atoms with van der Waals surface area (Å²) in [5.41, 5.74) is 0.591. The smallest absolute Gasteiger partial charge is 0.289 e. The number of nitrogens with zero attached hydrogens (tertiary/aromatic N) is 4. The molecule has 160 valence electrons. The molecule has 0 aromatic carbocycles. The minimum atomic E-state index is -0.114. The molecule has 0 spiro atoms. The van der Waals surface area contributed by atoms with Gasteiger partial charge >= 0.3 is 0 Å². The summed E-state index contributed by atoms with van der Waals surface area (Å²) in [5.74, 6) is 0.876. The molecular formula is C22H28N4O4. The summed E-state index contributed by atoms with van der Waals surface area (Å²) >= 11 is 0. The van der Waals surface area contributed by atoms with Gasteiger partial charge in [0.1, 0.15) is 5.82 Å². The Kier molecular flexibility index (Phi) is 6.32. The fourth-order valence-corrected chi connectivity index (χ4v) is 4.37. The van der Waals surface area contributed by atoms with Crippen LogP contribution in [0, 0.1) is 0 Å². The van der Waals surface area contributed by atoms with Crippen molar-refractivity contribution in [3.05, 3.63) is 48.0 Å². The highest BCUT2D eigenvalue weighted by Crippen LogP contribution is 2.26. The molecule has 2 aromatic heterocycles. The van der Waals surface area contributed by atoms with Crippen LogP contribution in [-0.2, 0) is 0 Å². The molecule has 0 unspecified atom stereocenters. The Balaban J connectivity index is 1.47. The van der Waals surface area contributed by atoms with Crippen molar-refractivity contribution in [2.24, 2.45) is 0 Å². The van der Waals surface area contributed by atoms with E-state index < -0.39 is 0 Å². The van der Waals surface area contributed by atoms with Gasteiger partial charge in [0.15, 0.2) is 5.76 Å². The number of hydrogen-bond donors (Lipinski definition) is 1. The maximum atomic E-state index is 13.4. The molecule has 8 heteroatoms. The highest BCUT2D eigenvalue weighted by Gasteiger charge is 2.31. The van der Waals surface area contributed by atoms with E-state index in [0.29, 0.717) is 56.3 Å². The van der Waals surface area contributed by atoms with Crippen LogP contribution >= 0.6 is 0 Å². The van der Waals surface area contributed by atoms with Crippen LogP contribution in [0.1, 0.15) is 46.6 Å². The van der Waals surface area contributed by atoms with E-state index in [1.807, 2.05) is 11.0 Å². The fourth-order valence-electron chi connectivity index (χ4n) is 4.37. The summed E-state index contributed by atoms with van der Waals surface area (Å²) in [6, 6.07) is 7.08. The second-order valence-corrected chi connectivity index (χ2v) is 7.79. The molecule has 2 aliphatic heterocycles. The average molecular weight is 412 g/mol. The SMILES string of the molecule is O=C(c1ccco1)N1CCN(c2ncccc2C(=O)N2CCCC[C@@H]2CCO)CC1. The van der Waals surface area contributed by atoms with Gasteiger partial charge in [0.25, 0.3) is 11.8 Å². The molecule has 0 aliphatic carbocycles. The number of aromatic nitrogens is 1. The number of aliphatic hydroxyl groups is 1. The number of pyridine rings is 1. The number of furan rings is 1. The van der Waals surface area contributed by atoms with Crippen molar-refractivity contribution in [3.8, 4) is 0 Å². The van der Waals surface area contributed by atoms with Gasteiger partial charge in [-0.05, 0) is 49.9 Å². The minimum Gasteiger partial charge on any atom is -0.459 e. The Hall–Kier alpha value is -2.87. The van der Waals surface area contributed by atoms with Crippen LogP contribution in [0.2, 0.25) is 0 Å². The van der Waals surface area contributed by atoms with Crippen molar-refractivity contribution in [1.82, 2.24) is 14.8 Å². The standard InChI is InChI=1S/C22H28N4O4/c27-15-8-17-5-1-2-10-26(17)21(28)18-6-3-9-23-20(18)24-11-13-25(14-12-24)22(29)19-7-4-16-30-19/h3-4,6-7,9,16-17,27H,1-2,5,8,10-15H2/t17-/m1/s1. The molecular weight excluding hydrogens is 384 g/mol. The molecule has 2 fully saturated rings. The highest BCUT2D eigenvalue weighted by molar-refractivity contribution is 5.99. The molecule has 4 heterocycles. The van der Waals surface area contributed by atoms with Gasteiger partial charge in [0, 0.05) is 51.6 Å². The largest absolute Gasteiger partial charge is 0.459 e. The molecule has 2 aromatic rings. The normalized spacial score (nSPS) is 19.8. The summed E-state index contributed by atoms with van der Waals surface area (Å²) in [5, 5.41) is 9.39. The van der Waals surface area contributed by atoms with Crippen molar-refractivity contribution in [2.75, 3.05) is 44.2 Å². The number of aliphatic hydroxyl groups excluding tert-OH is 1. The molecule has 4 rings (SSSR count). The first-order chi connectivity index (χ1) is 14.7. The number of carbonyl (C=O) groups is 2. The highest BCUT2D eigenvalue weighted by atomic mass is 16.3. The molecule has 0 saturated carbocycles. The van der Waals surface area contributed by atoms with Gasteiger partial charge in [0.2, 0.25) is 0 Å². The van der Waals surface area contributed by atoms with E-state index in [-0.39, 0.29) is 24.5 Å². The lowest BCUT2D eigenvalue weighted by atomic mass is 9.98. The van der Waals surface area contributed by atoms with E-state index in [4.69, 9.17) is 4.42 Å². The monoisotopic (exact) mass is 412 g/mol. The number of piperidine rings is 1. The third-order valence-corrected chi connectivity index (χ3v) is 5.97. The van der Waals surface area contributed by atoms with Gasteiger partial charge in [-0.2, -0.15) is 0 Å². The second kappa shape index (κ2) is 9.30. The summed E-state index contributed by atoms with van der Waals surface area (Å²) in [6.07, 6.45) is 6.80. The Bertz CT molecular complexity index is 860. The lowest BCUT2D eigenvalue weighted by molar-refractivity contribution is 0.0573. The quantitative estimate of drug-likeness (QED) is 0.808. The average Bonchev–Trinajstić information content (AvgIpc) is 3.34. The van der Waals surface area contributed by atoms with Gasteiger partial charge in [-0.1, -0.05) is 0 Å². The maximum absolute atomic E-state index is 13.4. The number of piperazine rings is 1. The van der Waals surface area contributed by atoms with E-state index in [1.165, 1.54) is 6.26 Å². The van der Waals surface area contributed by atoms with Crippen LogP contribution in [0.25, 0.3) is 0 Å². The first-order valence-electron chi connectivity index (χ1n) is 10.6. The third kappa shape index (κ3) is 4.18. The topological polar surface area (TPSA) is 90.1 Å². The van der Waals surface area contributed by atoms with E-state index in [2.05, 4.69) is 9.88 Å². The zero-order valence-corrected chi connectivity index (χ0v) is 17.1. The minimum absolute atomic E-state index is 0.0228. The fraction of sp³-hybridized carbons (Fsp3) is 0.500. The summed E-state index contributed by atoms with van der Waals surface area (Å²) in [4.78, 5) is 36.1. The van der Waals surface area contributed by atoms with Gasteiger partial charge in [-0.25, -0.2) is 4.98 Å². The predicted octanol–water partition coefficient (Wildman–Crippen LogP) is 2.01. The molecule has 8 nitrogen and oxygen atoms in total. The van der Waals surface area contributed by atoms with E-state index in [0.717, 1.165) is 19.3 Å². The lowest BCUT2D eigenvalue weighted by Gasteiger charge is -2.38. The Morgan fingerprint density at radius 3 is 2.63 bits per heavy atom. The van der Waals surface area contributed by atoms with Crippen LogP contribution < -0.4 is 4.90 Å². The predicted molar refractivity (Wildman–Crippen MR) is 111 cm³/mol. The van der Waals surface area contributed by atoms with E-state index in [9.17, 15) is 14.7 Å². The van der Waals surface area contributed by atoms with E-state index >= 15 is 0 Å². The number of anilines is 1. The molecule has 1 N–H and O–H groups in total. The second-order valence-electron chi connectivity index (χ2n) is 7.79. The van der Waals surface area contributed by atoms with Crippen LogP contribution in [0.15, 0.2) is 41.1 Å². The molecule has 2 saturated heterocycles. The first kappa shape index (κ1) is 20.4. The zero-order chi connectivity index (χ0) is 20.9. The van der Waals surface area contributed by atoms with Crippen molar-refractivity contribution in [1.29, 1.82) is 0 Å². The third-order valence-electron chi connectivity index (χ3n) is 5.97. The Morgan fingerprint density at radius 2 is 1.90 bits per heavy atom. The number of hydrogen-bond acceptors (Lipinski definition) is 6. The summed E-state index contributed by atoms with van der Waals surface area (Å²) in [7, 11) is 0. The van der Waals surface area contributed by atoms with Gasteiger partial charge in [-0.15, -0.1) is 0 Å². The van der Waals surface area contributed by atoms with Crippen LogP contribution in [0.4, 0.5) is 5.82 Å². The van der Waals surface area contributed by atoms with Crippen molar-refractivity contribution < 1.29 is 19.1 Å². The number of likely N-dealkylation sites (tertiary alicyclic amines) is 1. The zero-order valence-electron chi connectivity index (χ0n) is 17.1. The summed E-state index contributed by atoms with van der Waals surface area (Å²) in [6.45, 7) is 3.08. The van der Waals surface area contributed by atoms with E-state index in [1.54, 1.807) is 29.3 Å². The molecule has 1 atom stereocenters. The molecule has 0 radical (unpaired) electrons. The van der Waals surface area contributed by atoms with Crippen molar-refractivity contribution in [3.63, 3.8) is 0 Å². The van der Waals surface area contributed by atoms with Crippen molar-refractivity contribution in [2.45, 2.75) is 31.7 Å². The van der Waals surface area contributed by atoms with Crippen LogP contribution in [0.3, 0.4) is 0 Å². The Labute approximate surface area is 176 Å².